The Balaban J connectivity index is 2.30. The highest BCUT2D eigenvalue weighted by Gasteiger charge is 2.22. The van der Waals surface area contributed by atoms with Crippen LogP contribution in [-0.4, -0.2) is 14.8 Å². The number of aromatic nitrogens is 3. The van der Waals surface area contributed by atoms with E-state index in [9.17, 15) is 0 Å². The summed E-state index contributed by atoms with van der Waals surface area (Å²) in [6.45, 7) is 4.49. The maximum atomic E-state index is 6.11. The molecule has 2 heterocycles. The number of aryl methyl sites for hydroxylation is 3. The first-order chi connectivity index (χ1) is 9.08. The number of nitrogen functional groups attached to an aromatic ring is 1. The molecule has 0 aliphatic heterocycles. The van der Waals surface area contributed by atoms with E-state index in [4.69, 9.17) is 5.73 Å². The van der Waals surface area contributed by atoms with Crippen molar-refractivity contribution in [2.75, 3.05) is 5.73 Å². The van der Waals surface area contributed by atoms with E-state index in [0.717, 1.165) is 24.8 Å². The quantitative estimate of drug-likeness (QED) is 0.901. The van der Waals surface area contributed by atoms with Gasteiger partial charge in [-0.25, -0.2) is 4.98 Å². The van der Waals surface area contributed by atoms with Gasteiger partial charge in [-0.1, -0.05) is 13.8 Å². The van der Waals surface area contributed by atoms with Gasteiger partial charge in [0, 0.05) is 23.8 Å². The van der Waals surface area contributed by atoms with Crippen molar-refractivity contribution in [2.45, 2.75) is 46.0 Å². The van der Waals surface area contributed by atoms with Crippen LogP contribution in [0.5, 0.6) is 0 Å². The predicted octanol–water partition coefficient (Wildman–Crippen LogP) is 2.63. The van der Waals surface area contributed by atoms with Crippen LogP contribution in [0.15, 0.2) is 0 Å². The van der Waals surface area contributed by atoms with Crippen LogP contribution in [0.3, 0.4) is 0 Å². The molecule has 4 heteroatoms. The normalized spacial score (nSPS) is 15.2. The van der Waals surface area contributed by atoms with Gasteiger partial charge in [0.25, 0.3) is 0 Å². The van der Waals surface area contributed by atoms with Gasteiger partial charge >= 0.3 is 0 Å². The zero-order chi connectivity index (χ0) is 13.6. The van der Waals surface area contributed by atoms with Gasteiger partial charge in [0.1, 0.15) is 5.52 Å². The standard InChI is InChI=1S/C15H22N4/c1-9(2)8-12-13-10-6-4-5-7-11(10)17-15(16)14(13)18-19(12)3/h9H,4-8H2,1-3H3,(H2,16,17). The van der Waals surface area contributed by atoms with Crippen molar-refractivity contribution >= 4 is 16.7 Å². The third-order valence-electron chi connectivity index (χ3n) is 4.01. The molecule has 0 saturated heterocycles. The van der Waals surface area contributed by atoms with Crippen molar-refractivity contribution < 1.29 is 0 Å². The number of anilines is 1. The molecule has 0 radical (unpaired) electrons. The van der Waals surface area contributed by atoms with Crippen molar-refractivity contribution in [3.05, 3.63) is 17.0 Å². The van der Waals surface area contributed by atoms with E-state index < -0.39 is 0 Å². The zero-order valence-corrected chi connectivity index (χ0v) is 12.0. The molecule has 1 aliphatic rings. The van der Waals surface area contributed by atoms with Crippen LogP contribution in [0.1, 0.15) is 43.6 Å². The predicted molar refractivity (Wildman–Crippen MR) is 78.1 cm³/mol. The molecular weight excluding hydrogens is 236 g/mol. The second kappa shape index (κ2) is 4.51. The smallest absolute Gasteiger partial charge is 0.152 e. The Labute approximate surface area is 114 Å². The highest BCUT2D eigenvalue weighted by atomic mass is 15.3. The summed E-state index contributed by atoms with van der Waals surface area (Å²) in [5.74, 6) is 1.22. The monoisotopic (exact) mass is 258 g/mol. The fourth-order valence-electron chi connectivity index (χ4n) is 3.16. The summed E-state index contributed by atoms with van der Waals surface area (Å²) in [7, 11) is 2.02. The number of pyridine rings is 1. The number of nitrogens with zero attached hydrogens (tertiary/aromatic N) is 3. The van der Waals surface area contributed by atoms with Gasteiger partial charge in [0.2, 0.25) is 0 Å². The van der Waals surface area contributed by atoms with Gasteiger partial charge in [0.05, 0.1) is 0 Å². The van der Waals surface area contributed by atoms with Crippen molar-refractivity contribution in [3.8, 4) is 0 Å². The van der Waals surface area contributed by atoms with Gasteiger partial charge in [-0.05, 0) is 43.6 Å². The van der Waals surface area contributed by atoms with Gasteiger partial charge in [-0.15, -0.1) is 0 Å². The first kappa shape index (κ1) is 12.5. The molecule has 0 unspecified atom stereocenters. The Morgan fingerprint density at radius 2 is 2.00 bits per heavy atom. The highest BCUT2D eigenvalue weighted by Crippen LogP contribution is 2.33. The summed E-state index contributed by atoms with van der Waals surface area (Å²) in [6, 6.07) is 0. The summed E-state index contributed by atoms with van der Waals surface area (Å²) in [4.78, 5) is 4.58. The van der Waals surface area contributed by atoms with Crippen LogP contribution >= 0.6 is 0 Å². The summed E-state index contributed by atoms with van der Waals surface area (Å²) in [6.07, 6.45) is 5.71. The second-order valence-corrected chi connectivity index (χ2v) is 6.02. The molecule has 0 bridgehead atoms. The van der Waals surface area contributed by atoms with E-state index in [2.05, 4.69) is 23.9 Å². The third kappa shape index (κ3) is 1.99. The minimum atomic E-state index is 0.598. The molecular formula is C15H22N4. The average molecular weight is 258 g/mol. The summed E-state index contributed by atoms with van der Waals surface area (Å²) < 4.78 is 2.00. The Morgan fingerprint density at radius 1 is 1.26 bits per heavy atom. The number of rotatable bonds is 2. The lowest BCUT2D eigenvalue weighted by Gasteiger charge is -2.17. The van der Waals surface area contributed by atoms with Crippen molar-refractivity contribution in [2.24, 2.45) is 13.0 Å². The average Bonchev–Trinajstić information content (AvgIpc) is 2.68. The van der Waals surface area contributed by atoms with E-state index >= 15 is 0 Å². The molecule has 1 aliphatic carbocycles. The molecule has 2 N–H and O–H groups in total. The highest BCUT2D eigenvalue weighted by molar-refractivity contribution is 5.93. The van der Waals surface area contributed by atoms with Crippen LogP contribution < -0.4 is 5.73 Å². The lowest BCUT2D eigenvalue weighted by Crippen LogP contribution is -2.09. The molecule has 0 saturated carbocycles. The third-order valence-corrected chi connectivity index (χ3v) is 4.01. The Bertz CT molecular complexity index is 625. The number of hydrogen-bond acceptors (Lipinski definition) is 3. The number of nitrogens with two attached hydrogens (primary N) is 1. The molecule has 0 spiro atoms. The molecule has 2 aromatic heterocycles. The Morgan fingerprint density at radius 3 is 2.74 bits per heavy atom. The first-order valence-corrected chi connectivity index (χ1v) is 7.20. The molecule has 3 rings (SSSR count). The Kier molecular flexibility index (Phi) is 2.96. The summed E-state index contributed by atoms with van der Waals surface area (Å²) >= 11 is 0. The molecule has 102 valence electrons. The second-order valence-electron chi connectivity index (χ2n) is 6.02. The number of fused-ring (bicyclic) bond motifs is 3. The molecule has 0 fully saturated rings. The van der Waals surface area contributed by atoms with E-state index in [1.807, 2.05) is 11.7 Å². The fraction of sp³-hybridized carbons (Fsp3) is 0.600. The molecule has 0 aromatic carbocycles. The maximum absolute atomic E-state index is 6.11. The lowest BCUT2D eigenvalue weighted by atomic mass is 9.91. The van der Waals surface area contributed by atoms with Crippen LogP contribution in [0.25, 0.3) is 10.9 Å². The van der Waals surface area contributed by atoms with Crippen molar-refractivity contribution in [1.29, 1.82) is 0 Å². The molecule has 4 nitrogen and oxygen atoms in total. The minimum absolute atomic E-state index is 0.598. The molecule has 2 aromatic rings. The van der Waals surface area contributed by atoms with Crippen LogP contribution in [0.4, 0.5) is 5.82 Å². The van der Waals surface area contributed by atoms with E-state index in [1.54, 1.807) is 0 Å². The van der Waals surface area contributed by atoms with Gasteiger partial charge in [-0.2, -0.15) is 5.10 Å². The minimum Gasteiger partial charge on any atom is -0.382 e. The lowest BCUT2D eigenvalue weighted by molar-refractivity contribution is 0.599. The Hall–Kier alpha value is -1.58. The molecule has 0 amide bonds. The fourth-order valence-corrected chi connectivity index (χ4v) is 3.16. The zero-order valence-electron chi connectivity index (χ0n) is 12.0. The number of hydrogen-bond donors (Lipinski definition) is 1. The summed E-state index contributed by atoms with van der Waals surface area (Å²) in [5, 5.41) is 5.89. The van der Waals surface area contributed by atoms with Crippen molar-refractivity contribution in [1.82, 2.24) is 14.8 Å². The molecule has 0 atom stereocenters. The van der Waals surface area contributed by atoms with E-state index in [0.29, 0.717) is 11.7 Å². The van der Waals surface area contributed by atoms with Crippen LogP contribution in [0, 0.1) is 5.92 Å². The van der Waals surface area contributed by atoms with Gasteiger partial charge < -0.3 is 5.73 Å². The van der Waals surface area contributed by atoms with Crippen molar-refractivity contribution in [3.63, 3.8) is 0 Å². The van der Waals surface area contributed by atoms with E-state index in [-0.39, 0.29) is 0 Å². The van der Waals surface area contributed by atoms with Gasteiger partial charge in [0.15, 0.2) is 5.82 Å². The largest absolute Gasteiger partial charge is 0.382 e. The van der Waals surface area contributed by atoms with E-state index in [1.165, 1.54) is 35.2 Å². The molecule has 19 heavy (non-hydrogen) atoms. The van der Waals surface area contributed by atoms with Crippen LogP contribution in [-0.2, 0) is 26.3 Å². The SMILES string of the molecule is CC(C)Cc1c2c3c(nc(N)c2nn1C)CCCC3. The first-order valence-electron chi connectivity index (χ1n) is 7.20. The van der Waals surface area contributed by atoms with Gasteiger partial charge in [-0.3, -0.25) is 4.68 Å². The topological polar surface area (TPSA) is 56.7 Å². The summed E-state index contributed by atoms with van der Waals surface area (Å²) in [5.41, 5.74) is 10.9. The maximum Gasteiger partial charge on any atom is 0.152 e. The van der Waals surface area contributed by atoms with Crippen LogP contribution in [0.2, 0.25) is 0 Å².